The van der Waals surface area contributed by atoms with Gasteiger partial charge < -0.3 is 10.6 Å². The van der Waals surface area contributed by atoms with Crippen molar-refractivity contribution < 1.29 is 9.18 Å². The molecular formula is C13H11BrFN3O. The van der Waals surface area contributed by atoms with Gasteiger partial charge in [0, 0.05) is 18.9 Å². The van der Waals surface area contributed by atoms with E-state index in [9.17, 15) is 9.18 Å². The molecule has 4 nitrogen and oxygen atoms in total. The molecule has 6 heteroatoms. The highest BCUT2D eigenvalue weighted by Crippen LogP contribution is 2.19. The first-order chi connectivity index (χ1) is 9.10. The largest absolute Gasteiger partial charge is 0.373 e. The maximum Gasteiger partial charge on any atom is 0.257 e. The standard InChI is InChI=1S/C13H11BrFN3O/c1-16-12-5-2-8(7-17-12)13(19)18-9-3-4-10(14)11(15)6-9/h2-7H,1H3,(H,16,17)(H,18,19). The fourth-order valence-corrected chi connectivity index (χ4v) is 1.70. The average Bonchev–Trinajstić information content (AvgIpc) is 2.43. The number of carbonyl (C=O) groups excluding carboxylic acids is 1. The minimum absolute atomic E-state index is 0.336. The third-order valence-corrected chi connectivity index (χ3v) is 3.10. The summed E-state index contributed by atoms with van der Waals surface area (Å²) in [7, 11) is 1.74. The van der Waals surface area contributed by atoms with Gasteiger partial charge in [0.25, 0.3) is 5.91 Å². The highest BCUT2D eigenvalue weighted by molar-refractivity contribution is 9.10. The summed E-state index contributed by atoms with van der Waals surface area (Å²) < 4.78 is 13.7. The molecule has 98 valence electrons. The minimum atomic E-state index is -0.429. The molecule has 1 heterocycles. The maximum atomic E-state index is 13.3. The van der Waals surface area contributed by atoms with Crippen LogP contribution in [0.15, 0.2) is 41.0 Å². The van der Waals surface area contributed by atoms with Gasteiger partial charge in [0.05, 0.1) is 10.0 Å². The van der Waals surface area contributed by atoms with Crippen LogP contribution in [0.1, 0.15) is 10.4 Å². The number of benzene rings is 1. The summed E-state index contributed by atoms with van der Waals surface area (Å²) in [6.07, 6.45) is 1.45. The molecule has 0 aliphatic rings. The molecule has 0 saturated carbocycles. The Morgan fingerprint density at radius 3 is 2.68 bits per heavy atom. The molecule has 0 radical (unpaired) electrons. The Balaban J connectivity index is 2.13. The summed E-state index contributed by atoms with van der Waals surface area (Å²) in [5.41, 5.74) is 0.797. The Hall–Kier alpha value is -1.95. The van der Waals surface area contributed by atoms with Crippen molar-refractivity contribution >= 4 is 33.3 Å². The minimum Gasteiger partial charge on any atom is -0.373 e. The van der Waals surface area contributed by atoms with Crippen molar-refractivity contribution in [2.24, 2.45) is 0 Å². The Labute approximate surface area is 118 Å². The van der Waals surface area contributed by atoms with Gasteiger partial charge in [-0.15, -0.1) is 0 Å². The fraction of sp³-hybridized carbons (Fsp3) is 0.0769. The third kappa shape index (κ3) is 3.29. The number of aromatic nitrogens is 1. The van der Waals surface area contributed by atoms with E-state index in [0.717, 1.165) is 0 Å². The molecule has 1 aromatic heterocycles. The summed E-state index contributed by atoms with van der Waals surface area (Å²) in [5, 5.41) is 5.46. The van der Waals surface area contributed by atoms with Crippen LogP contribution in [0.3, 0.4) is 0 Å². The molecule has 0 bridgehead atoms. The summed E-state index contributed by atoms with van der Waals surface area (Å²) in [6, 6.07) is 7.73. The first-order valence-corrected chi connectivity index (χ1v) is 6.29. The van der Waals surface area contributed by atoms with Crippen LogP contribution in [0.25, 0.3) is 0 Å². The van der Waals surface area contributed by atoms with Gasteiger partial charge in [-0.05, 0) is 46.3 Å². The molecule has 0 saturated heterocycles. The molecule has 1 aromatic carbocycles. The summed E-state index contributed by atoms with van der Waals surface area (Å²) >= 11 is 3.05. The summed E-state index contributed by atoms with van der Waals surface area (Å²) in [6.45, 7) is 0. The molecule has 1 amide bonds. The van der Waals surface area contributed by atoms with Crippen LogP contribution < -0.4 is 10.6 Å². The van der Waals surface area contributed by atoms with Crippen molar-refractivity contribution in [3.05, 3.63) is 52.4 Å². The van der Waals surface area contributed by atoms with Gasteiger partial charge in [-0.1, -0.05) is 0 Å². The van der Waals surface area contributed by atoms with Gasteiger partial charge in [-0.2, -0.15) is 0 Å². The smallest absolute Gasteiger partial charge is 0.257 e. The number of nitrogens with zero attached hydrogens (tertiary/aromatic N) is 1. The highest BCUT2D eigenvalue weighted by Gasteiger charge is 2.08. The van der Waals surface area contributed by atoms with Crippen LogP contribution in [-0.4, -0.2) is 17.9 Å². The van der Waals surface area contributed by atoms with Crippen LogP contribution >= 0.6 is 15.9 Å². The maximum absolute atomic E-state index is 13.3. The third-order valence-electron chi connectivity index (χ3n) is 2.46. The summed E-state index contributed by atoms with van der Waals surface area (Å²) in [5.74, 6) is -0.0930. The summed E-state index contributed by atoms with van der Waals surface area (Å²) in [4.78, 5) is 15.9. The first-order valence-electron chi connectivity index (χ1n) is 5.50. The molecule has 2 rings (SSSR count). The quantitative estimate of drug-likeness (QED) is 0.911. The van der Waals surface area contributed by atoms with Crippen LogP contribution in [0.2, 0.25) is 0 Å². The van der Waals surface area contributed by atoms with E-state index >= 15 is 0 Å². The van der Waals surface area contributed by atoms with Gasteiger partial charge in [-0.3, -0.25) is 4.79 Å². The zero-order chi connectivity index (χ0) is 13.8. The number of anilines is 2. The molecule has 19 heavy (non-hydrogen) atoms. The Morgan fingerprint density at radius 2 is 2.11 bits per heavy atom. The van der Waals surface area contributed by atoms with E-state index < -0.39 is 5.82 Å². The molecule has 0 unspecified atom stereocenters. The lowest BCUT2D eigenvalue weighted by atomic mass is 10.2. The number of hydrogen-bond acceptors (Lipinski definition) is 3. The van der Waals surface area contributed by atoms with E-state index in [-0.39, 0.29) is 5.91 Å². The van der Waals surface area contributed by atoms with Crippen LogP contribution in [0, 0.1) is 5.82 Å². The molecule has 0 aliphatic heterocycles. The van der Waals surface area contributed by atoms with E-state index in [2.05, 4.69) is 31.5 Å². The highest BCUT2D eigenvalue weighted by atomic mass is 79.9. The second-order valence-electron chi connectivity index (χ2n) is 3.77. The van der Waals surface area contributed by atoms with E-state index in [1.807, 2.05) is 0 Å². The van der Waals surface area contributed by atoms with Crippen LogP contribution in [-0.2, 0) is 0 Å². The van der Waals surface area contributed by atoms with Crippen LogP contribution in [0.4, 0.5) is 15.9 Å². The number of pyridine rings is 1. The number of nitrogens with one attached hydrogen (secondary N) is 2. The lowest BCUT2D eigenvalue weighted by molar-refractivity contribution is 0.102. The SMILES string of the molecule is CNc1ccc(C(=O)Nc2ccc(Br)c(F)c2)cn1. The van der Waals surface area contributed by atoms with Gasteiger partial charge >= 0.3 is 0 Å². The first kappa shape index (κ1) is 13.5. The Bertz CT molecular complexity index is 601. The van der Waals surface area contributed by atoms with Gasteiger partial charge in [0.15, 0.2) is 0 Å². The van der Waals surface area contributed by atoms with E-state index in [1.54, 1.807) is 25.2 Å². The molecule has 2 aromatic rings. The number of amides is 1. The lowest BCUT2D eigenvalue weighted by Gasteiger charge is -2.06. The van der Waals surface area contributed by atoms with Crippen molar-refractivity contribution in [3.63, 3.8) is 0 Å². The average molecular weight is 324 g/mol. The predicted molar refractivity (Wildman–Crippen MR) is 75.8 cm³/mol. The van der Waals surface area contributed by atoms with Crippen molar-refractivity contribution in [1.82, 2.24) is 4.98 Å². The van der Waals surface area contributed by atoms with Gasteiger partial charge in [0.1, 0.15) is 11.6 Å². The molecule has 0 aliphatic carbocycles. The molecule has 0 atom stereocenters. The normalized spacial score (nSPS) is 10.1. The van der Waals surface area contributed by atoms with Gasteiger partial charge in [-0.25, -0.2) is 9.37 Å². The molecule has 0 fully saturated rings. The second-order valence-corrected chi connectivity index (χ2v) is 4.62. The van der Waals surface area contributed by atoms with Crippen molar-refractivity contribution in [2.75, 3.05) is 17.7 Å². The van der Waals surface area contributed by atoms with Crippen molar-refractivity contribution in [1.29, 1.82) is 0 Å². The molecular weight excluding hydrogens is 313 g/mol. The zero-order valence-corrected chi connectivity index (χ0v) is 11.7. The Kier molecular flexibility index (Phi) is 4.11. The van der Waals surface area contributed by atoms with Gasteiger partial charge in [0.2, 0.25) is 0 Å². The monoisotopic (exact) mass is 323 g/mol. The fourth-order valence-electron chi connectivity index (χ4n) is 1.45. The van der Waals surface area contributed by atoms with Crippen LogP contribution in [0.5, 0.6) is 0 Å². The van der Waals surface area contributed by atoms with E-state index in [1.165, 1.54) is 18.3 Å². The number of halogens is 2. The second kappa shape index (κ2) is 5.79. The Morgan fingerprint density at radius 1 is 1.32 bits per heavy atom. The topological polar surface area (TPSA) is 54.0 Å². The number of hydrogen-bond donors (Lipinski definition) is 2. The lowest BCUT2D eigenvalue weighted by Crippen LogP contribution is -2.12. The zero-order valence-electron chi connectivity index (χ0n) is 10.1. The predicted octanol–water partition coefficient (Wildman–Crippen LogP) is 3.28. The van der Waals surface area contributed by atoms with Crippen molar-refractivity contribution in [3.8, 4) is 0 Å². The molecule has 2 N–H and O–H groups in total. The van der Waals surface area contributed by atoms with E-state index in [4.69, 9.17) is 0 Å². The number of carbonyl (C=O) groups is 1. The van der Waals surface area contributed by atoms with Crippen molar-refractivity contribution in [2.45, 2.75) is 0 Å². The van der Waals surface area contributed by atoms with E-state index in [0.29, 0.717) is 21.5 Å². The molecule has 0 spiro atoms. The number of rotatable bonds is 3.